The standard InChI is InChI=1S/C14H21N3OS/c1-5-8-15-13(18)11-6-7-12(16-9-11)17-10-14(2,3)19-4/h5-7,9H,1,8,10H2,2-4H3,(H,15,18)(H,16,17). The van der Waals surface area contributed by atoms with Gasteiger partial charge >= 0.3 is 0 Å². The maximum atomic E-state index is 11.7. The second-order valence-electron chi connectivity index (χ2n) is 4.75. The molecule has 0 aliphatic heterocycles. The van der Waals surface area contributed by atoms with E-state index in [0.717, 1.165) is 12.4 Å². The number of carbonyl (C=O) groups is 1. The Morgan fingerprint density at radius 1 is 1.53 bits per heavy atom. The van der Waals surface area contributed by atoms with Gasteiger partial charge in [0, 0.05) is 24.0 Å². The summed E-state index contributed by atoms with van der Waals surface area (Å²) in [4.78, 5) is 15.9. The van der Waals surface area contributed by atoms with Crippen molar-refractivity contribution in [3.63, 3.8) is 0 Å². The number of hydrogen-bond donors (Lipinski definition) is 2. The first-order valence-electron chi connectivity index (χ1n) is 6.12. The lowest BCUT2D eigenvalue weighted by Gasteiger charge is -2.22. The van der Waals surface area contributed by atoms with Crippen LogP contribution < -0.4 is 10.6 Å². The van der Waals surface area contributed by atoms with Crippen molar-refractivity contribution in [2.75, 3.05) is 24.7 Å². The highest BCUT2D eigenvalue weighted by Crippen LogP contribution is 2.21. The van der Waals surface area contributed by atoms with Gasteiger partial charge in [-0.3, -0.25) is 4.79 Å². The zero-order valence-corrected chi connectivity index (χ0v) is 12.5. The molecule has 0 aliphatic carbocycles. The molecule has 0 unspecified atom stereocenters. The van der Waals surface area contributed by atoms with Crippen LogP contribution in [0.25, 0.3) is 0 Å². The smallest absolute Gasteiger partial charge is 0.253 e. The van der Waals surface area contributed by atoms with Gasteiger partial charge in [-0.25, -0.2) is 4.98 Å². The van der Waals surface area contributed by atoms with Crippen LogP contribution >= 0.6 is 11.8 Å². The van der Waals surface area contributed by atoms with Crippen LogP contribution in [0.3, 0.4) is 0 Å². The first-order valence-corrected chi connectivity index (χ1v) is 7.35. The molecule has 0 bridgehead atoms. The number of rotatable bonds is 7. The third-order valence-electron chi connectivity index (χ3n) is 2.68. The van der Waals surface area contributed by atoms with E-state index in [2.05, 4.69) is 42.3 Å². The minimum Gasteiger partial charge on any atom is -0.369 e. The molecule has 1 heterocycles. The third-order valence-corrected chi connectivity index (χ3v) is 3.93. The number of nitrogens with zero attached hydrogens (tertiary/aromatic N) is 1. The van der Waals surface area contributed by atoms with E-state index in [9.17, 15) is 4.79 Å². The number of hydrogen-bond acceptors (Lipinski definition) is 4. The highest BCUT2D eigenvalue weighted by atomic mass is 32.2. The predicted molar refractivity (Wildman–Crippen MR) is 82.9 cm³/mol. The Morgan fingerprint density at radius 2 is 2.26 bits per heavy atom. The van der Waals surface area contributed by atoms with E-state index in [-0.39, 0.29) is 10.7 Å². The molecule has 4 nitrogen and oxygen atoms in total. The normalized spacial score (nSPS) is 10.9. The molecule has 1 aromatic rings. The van der Waals surface area contributed by atoms with Crippen LogP contribution in [0.2, 0.25) is 0 Å². The molecular weight excluding hydrogens is 258 g/mol. The minimum atomic E-state index is -0.136. The summed E-state index contributed by atoms with van der Waals surface area (Å²) in [6, 6.07) is 3.58. The summed E-state index contributed by atoms with van der Waals surface area (Å²) in [7, 11) is 0. The summed E-state index contributed by atoms with van der Waals surface area (Å²) in [5.74, 6) is 0.644. The average Bonchev–Trinajstić information content (AvgIpc) is 2.43. The number of carbonyl (C=O) groups excluding carboxylic acids is 1. The fourth-order valence-corrected chi connectivity index (χ4v) is 1.49. The number of amides is 1. The van der Waals surface area contributed by atoms with Crippen molar-refractivity contribution >= 4 is 23.5 Å². The fourth-order valence-electron chi connectivity index (χ4n) is 1.28. The lowest BCUT2D eigenvalue weighted by molar-refractivity contribution is 0.0957. The Labute approximate surface area is 119 Å². The summed E-state index contributed by atoms with van der Waals surface area (Å²) >= 11 is 1.80. The van der Waals surface area contributed by atoms with Crippen molar-refractivity contribution in [3.8, 4) is 0 Å². The molecule has 0 fully saturated rings. The fraction of sp³-hybridized carbons (Fsp3) is 0.429. The Balaban J connectivity index is 2.56. The monoisotopic (exact) mass is 279 g/mol. The van der Waals surface area contributed by atoms with E-state index in [4.69, 9.17) is 0 Å². The lowest BCUT2D eigenvalue weighted by atomic mass is 10.2. The Morgan fingerprint density at radius 3 is 2.79 bits per heavy atom. The second kappa shape index (κ2) is 7.19. The molecule has 0 aromatic carbocycles. The van der Waals surface area contributed by atoms with Crippen LogP contribution in [0.4, 0.5) is 5.82 Å². The van der Waals surface area contributed by atoms with Crippen LogP contribution in [-0.4, -0.2) is 35.0 Å². The van der Waals surface area contributed by atoms with Gasteiger partial charge in [0.05, 0.1) is 5.56 Å². The summed E-state index contributed by atoms with van der Waals surface area (Å²) in [5.41, 5.74) is 0.552. The van der Waals surface area contributed by atoms with E-state index >= 15 is 0 Å². The number of aromatic nitrogens is 1. The quantitative estimate of drug-likeness (QED) is 0.753. The van der Waals surface area contributed by atoms with E-state index in [1.807, 2.05) is 6.07 Å². The van der Waals surface area contributed by atoms with Gasteiger partial charge in [-0.2, -0.15) is 11.8 Å². The SMILES string of the molecule is C=CCNC(=O)c1ccc(NCC(C)(C)SC)nc1. The number of anilines is 1. The Kier molecular flexibility index (Phi) is 5.89. The van der Waals surface area contributed by atoms with Gasteiger partial charge in [0.15, 0.2) is 0 Å². The zero-order chi connectivity index (χ0) is 14.3. The molecule has 1 amide bonds. The highest BCUT2D eigenvalue weighted by molar-refractivity contribution is 7.99. The van der Waals surface area contributed by atoms with Gasteiger partial charge in [0.1, 0.15) is 5.82 Å². The van der Waals surface area contributed by atoms with Crippen molar-refractivity contribution in [2.24, 2.45) is 0 Å². The van der Waals surface area contributed by atoms with E-state index in [1.54, 1.807) is 30.1 Å². The van der Waals surface area contributed by atoms with E-state index in [0.29, 0.717) is 12.1 Å². The molecule has 0 spiro atoms. The number of pyridine rings is 1. The predicted octanol–water partition coefficient (Wildman–Crippen LogP) is 2.55. The Hall–Kier alpha value is -1.49. The van der Waals surface area contributed by atoms with Gasteiger partial charge in [-0.1, -0.05) is 6.08 Å². The molecule has 1 rings (SSSR count). The molecule has 0 atom stereocenters. The van der Waals surface area contributed by atoms with E-state index < -0.39 is 0 Å². The van der Waals surface area contributed by atoms with E-state index in [1.165, 1.54) is 0 Å². The van der Waals surface area contributed by atoms with Crippen LogP contribution in [-0.2, 0) is 0 Å². The lowest BCUT2D eigenvalue weighted by Crippen LogP contribution is -2.26. The number of nitrogens with one attached hydrogen (secondary N) is 2. The molecule has 0 saturated carbocycles. The van der Waals surface area contributed by atoms with Crippen LogP contribution in [0.5, 0.6) is 0 Å². The zero-order valence-electron chi connectivity index (χ0n) is 11.7. The van der Waals surface area contributed by atoms with Crippen molar-refractivity contribution in [3.05, 3.63) is 36.5 Å². The van der Waals surface area contributed by atoms with Gasteiger partial charge in [0.2, 0.25) is 0 Å². The summed E-state index contributed by atoms with van der Waals surface area (Å²) in [6.45, 7) is 9.17. The van der Waals surface area contributed by atoms with Crippen LogP contribution in [0.15, 0.2) is 31.0 Å². The molecular formula is C14H21N3OS. The molecule has 2 N–H and O–H groups in total. The largest absolute Gasteiger partial charge is 0.369 e. The summed E-state index contributed by atoms with van der Waals surface area (Å²) in [5, 5.41) is 5.98. The molecule has 0 aliphatic rings. The number of thioether (sulfide) groups is 1. The van der Waals surface area contributed by atoms with Crippen molar-refractivity contribution in [1.29, 1.82) is 0 Å². The minimum absolute atomic E-state index is 0.136. The summed E-state index contributed by atoms with van der Waals surface area (Å²) < 4.78 is 0.154. The van der Waals surface area contributed by atoms with Gasteiger partial charge in [-0.15, -0.1) is 6.58 Å². The maximum absolute atomic E-state index is 11.7. The Bertz CT molecular complexity index is 429. The second-order valence-corrected chi connectivity index (χ2v) is 6.26. The first kappa shape index (κ1) is 15.6. The van der Waals surface area contributed by atoms with Gasteiger partial charge in [-0.05, 0) is 32.2 Å². The summed E-state index contributed by atoms with van der Waals surface area (Å²) in [6.07, 6.45) is 5.31. The molecule has 0 saturated heterocycles. The molecule has 19 heavy (non-hydrogen) atoms. The topological polar surface area (TPSA) is 54.0 Å². The highest BCUT2D eigenvalue weighted by Gasteiger charge is 2.15. The van der Waals surface area contributed by atoms with Crippen molar-refractivity contribution in [1.82, 2.24) is 10.3 Å². The molecule has 0 radical (unpaired) electrons. The molecule has 1 aromatic heterocycles. The molecule has 104 valence electrons. The van der Waals surface area contributed by atoms with Crippen molar-refractivity contribution < 1.29 is 4.79 Å². The van der Waals surface area contributed by atoms with Crippen LogP contribution in [0, 0.1) is 0 Å². The van der Waals surface area contributed by atoms with Gasteiger partial charge < -0.3 is 10.6 Å². The molecule has 5 heteroatoms. The third kappa shape index (κ3) is 5.34. The van der Waals surface area contributed by atoms with Crippen molar-refractivity contribution in [2.45, 2.75) is 18.6 Å². The average molecular weight is 279 g/mol. The maximum Gasteiger partial charge on any atom is 0.253 e. The van der Waals surface area contributed by atoms with Crippen LogP contribution in [0.1, 0.15) is 24.2 Å². The first-order chi connectivity index (χ1) is 8.98. The van der Waals surface area contributed by atoms with Gasteiger partial charge in [0.25, 0.3) is 5.91 Å².